The van der Waals surface area contributed by atoms with Crippen molar-refractivity contribution in [2.75, 3.05) is 39.4 Å². The third-order valence-corrected chi connectivity index (χ3v) is 11.0. The molecule has 320 valence electrons. The summed E-state index contributed by atoms with van der Waals surface area (Å²) in [7, 11) is 0. The number of esters is 2. The van der Waals surface area contributed by atoms with E-state index in [9.17, 15) is 19.5 Å². The number of aliphatic hydroxyl groups is 1. The van der Waals surface area contributed by atoms with Crippen LogP contribution in [-0.4, -0.2) is 84.3 Å². The van der Waals surface area contributed by atoms with Crippen molar-refractivity contribution in [3.63, 3.8) is 0 Å². The Bertz CT molecular complexity index is 1130. The SMILES string of the molecule is CCCCC/C=C\C/C=C\CCCCCCCCOC(=O)C1CC(OC(=O)CCN2CC(CO)C2)CN1C(=O)CCCCCCC/C=C\C/C=C\CCCCC. The maximum absolute atomic E-state index is 13.4. The van der Waals surface area contributed by atoms with Gasteiger partial charge in [-0.15, -0.1) is 0 Å². The maximum Gasteiger partial charge on any atom is 0.329 e. The molecular formula is C48H82N2O6. The summed E-state index contributed by atoms with van der Waals surface area (Å²) in [6.07, 6.45) is 44.8. The van der Waals surface area contributed by atoms with Crippen LogP contribution in [0.25, 0.3) is 0 Å². The van der Waals surface area contributed by atoms with Crippen LogP contribution >= 0.6 is 0 Å². The molecule has 1 N–H and O–H groups in total. The molecule has 8 heteroatoms. The molecule has 0 bridgehead atoms. The van der Waals surface area contributed by atoms with Crippen molar-refractivity contribution in [2.45, 2.75) is 193 Å². The molecule has 0 aromatic carbocycles. The fraction of sp³-hybridized carbons (Fsp3) is 0.771. The van der Waals surface area contributed by atoms with E-state index in [4.69, 9.17) is 9.47 Å². The van der Waals surface area contributed by atoms with Gasteiger partial charge >= 0.3 is 11.9 Å². The topological polar surface area (TPSA) is 96.4 Å². The van der Waals surface area contributed by atoms with Crippen molar-refractivity contribution in [3.05, 3.63) is 48.6 Å². The molecule has 2 saturated heterocycles. The van der Waals surface area contributed by atoms with Crippen LogP contribution in [0.15, 0.2) is 48.6 Å². The number of carbonyl (C=O) groups is 3. The predicted octanol–water partition coefficient (Wildman–Crippen LogP) is 11.0. The zero-order valence-electron chi connectivity index (χ0n) is 35.9. The van der Waals surface area contributed by atoms with Gasteiger partial charge in [-0.2, -0.15) is 0 Å². The molecule has 0 spiro atoms. The first-order chi connectivity index (χ1) is 27.5. The number of likely N-dealkylation sites (tertiary alicyclic amines) is 2. The van der Waals surface area contributed by atoms with Crippen LogP contribution in [-0.2, 0) is 23.9 Å². The standard InChI is InChI=1S/C48H82N2O6/c1-3-5-7-9-11-13-15-17-19-21-23-25-27-29-31-33-37-55-48(54)45-38-44(56-47(53)35-36-49-39-43(40-49)42-51)41-50(45)46(52)34-32-30-28-26-24-22-20-18-16-14-12-10-8-6-4-2/h11-14,17-20,43-45,51H,3-10,15-16,21-42H2,1-2H3/b13-11-,14-12-,19-17-,20-18-. The van der Waals surface area contributed by atoms with Crippen molar-refractivity contribution in [1.29, 1.82) is 0 Å². The first-order valence-corrected chi connectivity index (χ1v) is 23.1. The number of ether oxygens (including phenoxy) is 2. The normalized spacial score (nSPS) is 17.9. The molecule has 2 aliphatic rings. The molecule has 0 radical (unpaired) electrons. The molecule has 0 aromatic rings. The van der Waals surface area contributed by atoms with E-state index in [0.29, 0.717) is 31.9 Å². The summed E-state index contributed by atoms with van der Waals surface area (Å²) in [5.41, 5.74) is 0. The highest BCUT2D eigenvalue weighted by molar-refractivity contribution is 5.85. The first kappa shape index (κ1) is 49.4. The van der Waals surface area contributed by atoms with Gasteiger partial charge in [0.2, 0.25) is 5.91 Å². The molecule has 2 unspecified atom stereocenters. The molecule has 8 nitrogen and oxygen atoms in total. The maximum atomic E-state index is 13.4. The molecule has 2 atom stereocenters. The van der Waals surface area contributed by atoms with Gasteiger partial charge in [-0.25, -0.2) is 4.79 Å². The van der Waals surface area contributed by atoms with Crippen LogP contribution in [0.5, 0.6) is 0 Å². The Labute approximate surface area is 342 Å². The van der Waals surface area contributed by atoms with Gasteiger partial charge in [0, 0.05) is 45.0 Å². The summed E-state index contributed by atoms with van der Waals surface area (Å²) in [5, 5.41) is 9.25. The Morgan fingerprint density at radius 3 is 1.64 bits per heavy atom. The third kappa shape index (κ3) is 24.8. The van der Waals surface area contributed by atoms with E-state index in [-0.39, 0.29) is 37.4 Å². The minimum atomic E-state index is -0.705. The second kappa shape index (κ2) is 34.3. The van der Waals surface area contributed by atoms with E-state index in [1.807, 2.05) is 0 Å². The molecule has 2 rings (SSSR count). The van der Waals surface area contributed by atoms with Gasteiger partial charge in [-0.1, -0.05) is 133 Å². The van der Waals surface area contributed by atoms with E-state index < -0.39 is 12.1 Å². The van der Waals surface area contributed by atoms with Crippen molar-refractivity contribution < 1.29 is 29.0 Å². The van der Waals surface area contributed by atoms with E-state index in [1.165, 1.54) is 70.6 Å². The molecule has 0 aromatic heterocycles. The average Bonchev–Trinajstić information content (AvgIpc) is 3.60. The van der Waals surface area contributed by atoms with E-state index >= 15 is 0 Å². The highest BCUT2D eigenvalue weighted by atomic mass is 16.5. The minimum absolute atomic E-state index is 0.0551. The van der Waals surface area contributed by atoms with Gasteiger partial charge < -0.3 is 24.4 Å². The second-order valence-corrected chi connectivity index (χ2v) is 16.2. The van der Waals surface area contributed by atoms with Crippen LogP contribution in [0.3, 0.4) is 0 Å². The largest absolute Gasteiger partial charge is 0.464 e. The lowest BCUT2D eigenvalue weighted by Gasteiger charge is -2.37. The van der Waals surface area contributed by atoms with Crippen molar-refractivity contribution in [3.8, 4) is 0 Å². The van der Waals surface area contributed by atoms with Gasteiger partial charge in [-0.05, 0) is 77.0 Å². The summed E-state index contributed by atoms with van der Waals surface area (Å²) in [6.45, 7) is 7.44. The molecule has 2 heterocycles. The minimum Gasteiger partial charge on any atom is -0.464 e. The van der Waals surface area contributed by atoms with E-state index in [2.05, 4.69) is 67.4 Å². The number of carbonyl (C=O) groups excluding carboxylic acids is 3. The Morgan fingerprint density at radius 1 is 0.607 bits per heavy atom. The van der Waals surface area contributed by atoms with E-state index in [0.717, 1.165) is 90.1 Å². The van der Waals surface area contributed by atoms with Crippen molar-refractivity contribution in [2.24, 2.45) is 5.92 Å². The summed E-state index contributed by atoms with van der Waals surface area (Å²) >= 11 is 0. The monoisotopic (exact) mass is 783 g/mol. The van der Waals surface area contributed by atoms with Gasteiger partial charge in [0.05, 0.1) is 19.6 Å². The predicted molar refractivity (Wildman–Crippen MR) is 231 cm³/mol. The Kier molecular flexibility index (Phi) is 30.3. The number of amides is 1. The average molecular weight is 783 g/mol. The molecule has 2 fully saturated rings. The summed E-state index contributed by atoms with van der Waals surface area (Å²) in [5.74, 6) is -0.448. The molecule has 1 amide bonds. The summed E-state index contributed by atoms with van der Waals surface area (Å²) < 4.78 is 11.5. The number of allylic oxidation sites excluding steroid dienone is 8. The van der Waals surface area contributed by atoms with Crippen LogP contribution in [0.1, 0.15) is 181 Å². The fourth-order valence-electron chi connectivity index (χ4n) is 7.44. The second-order valence-electron chi connectivity index (χ2n) is 16.2. The molecule has 56 heavy (non-hydrogen) atoms. The molecule has 2 aliphatic heterocycles. The van der Waals surface area contributed by atoms with Gasteiger partial charge in [0.15, 0.2) is 0 Å². The van der Waals surface area contributed by atoms with Crippen LogP contribution in [0, 0.1) is 5.92 Å². The highest BCUT2D eigenvalue weighted by Gasteiger charge is 2.42. The van der Waals surface area contributed by atoms with Crippen molar-refractivity contribution >= 4 is 17.8 Å². The molecular weight excluding hydrogens is 701 g/mol. The lowest BCUT2D eigenvalue weighted by Crippen LogP contribution is -2.48. The lowest BCUT2D eigenvalue weighted by atomic mass is 10.0. The first-order valence-electron chi connectivity index (χ1n) is 23.1. The fourth-order valence-corrected chi connectivity index (χ4v) is 7.44. The van der Waals surface area contributed by atoms with Gasteiger partial charge in [-0.3, -0.25) is 9.59 Å². The Balaban J connectivity index is 1.65. The summed E-state index contributed by atoms with van der Waals surface area (Å²) in [4.78, 5) is 43.1. The number of hydrogen-bond acceptors (Lipinski definition) is 7. The van der Waals surface area contributed by atoms with Crippen LogP contribution in [0.4, 0.5) is 0 Å². The quantitative estimate of drug-likeness (QED) is 0.0388. The smallest absolute Gasteiger partial charge is 0.329 e. The molecule has 0 saturated carbocycles. The van der Waals surface area contributed by atoms with Crippen LogP contribution in [0.2, 0.25) is 0 Å². The van der Waals surface area contributed by atoms with Crippen molar-refractivity contribution in [1.82, 2.24) is 9.80 Å². The number of unbranched alkanes of at least 4 members (excludes halogenated alkanes) is 17. The number of rotatable bonds is 35. The van der Waals surface area contributed by atoms with Crippen LogP contribution < -0.4 is 0 Å². The van der Waals surface area contributed by atoms with Gasteiger partial charge in [0.1, 0.15) is 12.1 Å². The third-order valence-electron chi connectivity index (χ3n) is 11.0. The zero-order valence-corrected chi connectivity index (χ0v) is 35.9. The van der Waals surface area contributed by atoms with E-state index in [1.54, 1.807) is 4.90 Å². The highest BCUT2D eigenvalue weighted by Crippen LogP contribution is 2.25. The zero-order chi connectivity index (χ0) is 40.3. The summed E-state index contributed by atoms with van der Waals surface area (Å²) in [6, 6.07) is -0.705. The van der Waals surface area contributed by atoms with Gasteiger partial charge in [0.25, 0.3) is 0 Å². The number of hydrogen-bond donors (Lipinski definition) is 1. The number of nitrogens with zero attached hydrogens (tertiary/aromatic N) is 2. The molecule has 0 aliphatic carbocycles. The Hall–Kier alpha value is -2.71. The number of aliphatic hydroxyl groups excluding tert-OH is 1. The Morgan fingerprint density at radius 2 is 1.11 bits per heavy atom. The lowest BCUT2D eigenvalue weighted by molar-refractivity contribution is -0.153.